The molecule has 17 heavy (non-hydrogen) atoms. The fourth-order valence-electron chi connectivity index (χ4n) is 1.73. The zero-order valence-electron chi connectivity index (χ0n) is 9.50. The number of carbonyl (C=O) groups excluding carboxylic acids is 1. The smallest absolute Gasteiger partial charge is 0.150 e. The normalized spacial score (nSPS) is 11.1. The summed E-state index contributed by atoms with van der Waals surface area (Å²) < 4.78 is 0. The fourth-order valence-corrected chi connectivity index (χ4v) is 2.32. The van der Waals surface area contributed by atoms with Crippen LogP contribution >= 0.6 is 23.2 Å². The van der Waals surface area contributed by atoms with Crippen molar-refractivity contribution < 1.29 is 4.79 Å². The quantitative estimate of drug-likeness (QED) is 0.752. The number of carbonyl (C=O) groups is 1. The van der Waals surface area contributed by atoms with Crippen LogP contribution in [0.25, 0.3) is 10.9 Å². The highest BCUT2D eigenvalue weighted by Crippen LogP contribution is 2.30. The molecule has 0 fully saturated rings. The highest BCUT2D eigenvalue weighted by molar-refractivity contribution is 6.39. The molecule has 0 aliphatic heterocycles. The SMILES string of the molecule is CC(C)c1cc(C=O)c2c(Cl)cc(Cl)cc2n1. The van der Waals surface area contributed by atoms with Gasteiger partial charge in [-0.1, -0.05) is 37.0 Å². The van der Waals surface area contributed by atoms with E-state index in [1.54, 1.807) is 18.2 Å². The Morgan fingerprint density at radius 1 is 1.24 bits per heavy atom. The topological polar surface area (TPSA) is 30.0 Å². The lowest BCUT2D eigenvalue weighted by Crippen LogP contribution is -1.97. The van der Waals surface area contributed by atoms with Gasteiger partial charge >= 0.3 is 0 Å². The van der Waals surface area contributed by atoms with E-state index in [0.29, 0.717) is 26.5 Å². The van der Waals surface area contributed by atoms with Gasteiger partial charge in [-0.15, -0.1) is 0 Å². The Morgan fingerprint density at radius 2 is 1.94 bits per heavy atom. The first-order chi connectivity index (χ1) is 8.02. The van der Waals surface area contributed by atoms with Gasteiger partial charge in [-0.3, -0.25) is 9.78 Å². The molecular formula is C13H11Cl2NO. The number of benzene rings is 1. The molecule has 0 atom stereocenters. The molecule has 88 valence electrons. The van der Waals surface area contributed by atoms with Crippen molar-refractivity contribution in [2.45, 2.75) is 19.8 Å². The molecule has 0 saturated heterocycles. The maximum atomic E-state index is 11.1. The lowest BCUT2D eigenvalue weighted by molar-refractivity contribution is 0.112. The summed E-state index contributed by atoms with van der Waals surface area (Å²) in [4.78, 5) is 15.6. The predicted octanol–water partition coefficient (Wildman–Crippen LogP) is 4.48. The summed E-state index contributed by atoms with van der Waals surface area (Å²) in [7, 11) is 0. The van der Waals surface area contributed by atoms with Crippen molar-refractivity contribution in [3.8, 4) is 0 Å². The Balaban J connectivity index is 2.87. The van der Waals surface area contributed by atoms with Gasteiger partial charge in [0.15, 0.2) is 6.29 Å². The van der Waals surface area contributed by atoms with Crippen LogP contribution in [0.3, 0.4) is 0 Å². The van der Waals surface area contributed by atoms with E-state index in [-0.39, 0.29) is 5.92 Å². The van der Waals surface area contributed by atoms with Gasteiger partial charge in [-0.05, 0) is 24.1 Å². The van der Waals surface area contributed by atoms with Crippen molar-refractivity contribution in [1.82, 2.24) is 4.98 Å². The van der Waals surface area contributed by atoms with Crippen molar-refractivity contribution in [1.29, 1.82) is 0 Å². The highest BCUT2D eigenvalue weighted by atomic mass is 35.5. The number of rotatable bonds is 2. The van der Waals surface area contributed by atoms with Crippen LogP contribution in [0.4, 0.5) is 0 Å². The van der Waals surface area contributed by atoms with Gasteiger partial charge < -0.3 is 0 Å². The summed E-state index contributed by atoms with van der Waals surface area (Å²) in [6.45, 7) is 4.05. The molecule has 0 radical (unpaired) electrons. The molecular weight excluding hydrogens is 257 g/mol. The average Bonchev–Trinajstić information content (AvgIpc) is 2.26. The second-order valence-electron chi connectivity index (χ2n) is 4.19. The van der Waals surface area contributed by atoms with E-state index in [2.05, 4.69) is 4.98 Å². The highest BCUT2D eigenvalue weighted by Gasteiger charge is 2.11. The standard InChI is InChI=1S/C13H11Cl2NO/c1-7(2)11-3-8(6-17)13-10(15)4-9(14)5-12(13)16-11/h3-7H,1-2H3. The van der Waals surface area contributed by atoms with Gasteiger partial charge in [0, 0.05) is 21.7 Å². The lowest BCUT2D eigenvalue weighted by Gasteiger charge is -2.09. The summed E-state index contributed by atoms with van der Waals surface area (Å²) in [5.74, 6) is 0.246. The van der Waals surface area contributed by atoms with Crippen LogP contribution < -0.4 is 0 Å². The summed E-state index contributed by atoms with van der Waals surface area (Å²) in [6.07, 6.45) is 0.801. The number of aldehydes is 1. The molecule has 4 heteroatoms. The molecule has 0 bridgehead atoms. The van der Waals surface area contributed by atoms with E-state index in [9.17, 15) is 4.79 Å². The molecule has 0 aliphatic carbocycles. The van der Waals surface area contributed by atoms with E-state index >= 15 is 0 Å². The zero-order valence-corrected chi connectivity index (χ0v) is 11.0. The third kappa shape index (κ3) is 2.28. The molecule has 2 nitrogen and oxygen atoms in total. The largest absolute Gasteiger partial charge is 0.298 e. The molecule has 0 N–H and O–H groups in total. The molecule has 0 amide bonds. The summed E-state index contributed by atoms with van der Waals surface area (Å²) >= 11 is 12.0. The number of halogens is 2. The Kier molecular flexibility index (Phi) is 3.36. The second-order valence-corrected chi connectivity index (χ2v) is 5.03. The minimum Gasteiger partial charge on any atom is -0.298 e. The van der Waals surface area contributed by atoms with Crippen LogP contribution in [0.5, 0.6) is 0 Å². The predicted molar refractivity (Wildman–Crippen MR) is 71.2 cm³/mol. The third-order valence-electron chi connectivity index (χ3n) is 2.59. The van der Waals surface area contributed by atoms with Gasteiger partial charge in [0.2, 0.25) is 0 Å². The van der Waals surface area contributed by atoms with E-state index in [1.807, 2.05) is 13.8 Å². The first kappa shape index (κ1) is 12.3. The Morgan fingerprint density at radius 3 is 2.53 bits per heavy atom. The van der Waals surface area contributed by atoms with Crippen molar-refractivity contribution >= 4 is 40.4 Å². The van der Waals surface area contributed by atoms with E-state index in [0.717, 1.165) is 12.0 Å². The van der Waals surface area contributed by atoms with Gasteiger partial charge in [0.25, 0.3) is 0 Å². The first-order valence-electron chi connectivity index (χ1n) is 5.27. The molecule has 2 rings (SSSR count). The number of hydrogen-bond donors (Lipinski definition) is 0. The number of nitrogens with zero attached hydrogens (tertiary/aromatic N) is 1. The molecule has 0 saturated carbocycles. The summed E-state index contributed by atoms with van der Waals surface area (Å²) in [6, 6.07) is 5.12. The lowest BCUT2D eigenvalue weighted by atomic mass is 10.0. The zero-order chi connectivity index (χ0) is 12.6. The van der Waals surface area contributed by atoms with Crippen LogP contribution in [-0.2, 0) is 0 Å². The number of fused-ring (bicyclic) bond motifs is 1. The van der Waals surface area contributed by atoms with Crippen LogP contribution in [0.1, 0.15) is 35.8 Å². The van der Waals surface area contributed by atoms with Crippen molar-refractivity contribution in [2.24, 2.45) is 0 Å². The third-order valence-corrected chi connectivity index (χ3v) is 3.11. The molecule has 0 aliphatic rings. The van der Waals surface area contributed by atoms with Crippen molar-refractivity contribution in [3.05, 3.63) is 39.5 Å². The fraction of sp³-hybridized carbons (Fsp3) is 0.231. The van der Waals surface area contributed by atoms with E-state index in [1.165, 1.54) is 0 Å². The van der Waals surface area contributed by atoms with Gasteiger partial charge in [-0.2, -0.15) is 0 Å². The minimum atomic E-state index is 0.246. The number of pyridine rings is 1. The van der Waals surface area contributed by atoms with Crippen molar-refractivity contribution in [3.63, 3.8) is 0 Å². The summed E-state index contributed by atoms with van der Waals surface area (Å²) in [5.41, 5.74) is 2.08. The number of aromatic nitrogens is 1. The second kappa shape index (κ2) is 4.63. The van der Waals surface area contributed by atoms with Gasteiger partial charge in [0.05, 0.1) is 10.5 Å². The Hall–Kier alpha value is -1.12. The monoisotopic (exact) mass is 267 g/mol. The van der Waals surface area contributed by atoms with Crippen LogP contribution in [-0.4, -0.2) is 11.3 Å². The average molecular weight is 268 g/mol. The van der Waals surface area contributed by atoms with Gasteiger partial charge in [-0.25, -0.2) is 0 Å². The maximum absolute atomic E-state index is 11.1. The number of hydrogen-bond acceptors (Lipinski definition) is 2. The van der Waals surface area contributed by atoms with Crippen LogP contribution in [0.15, 0.2) is 18.2 Å². The first-order valence-corrected chi connectivity index (χ1v) is 6.03. The van der Waals surface area contributed by atoms with Crippen LogP contribution in [0.2, 0.25) is 10.0 Å². The van der Waals surface area contributed by atoms with Crippen LogP contribution in [0, 0.1) is 0 Å². The molecule has 1 aromatic carbocycles. The van der Waals surface area contributed by atoms with Gasteiger partial charge in [0.1, 0.15) is 0 Å². The Bertz CT molecular complexity index is 593. The Labute approximate surface area is 110 Å². The minimum absolute atomic E-state index is 0.246. The molecule has 1 heterocycles. The summed E-state index contributed by atoms with van der Waals surface area (Å²) in [5, 5.41) is 1.64. The van der Waals surface area contributed by atoms with Crippen molar-refractivity contribution in [2.75, 3.05) is 0 Å². The molecule has 2 aromatic rings. The molecule has 1 aromatic heterocycles. The molecule has 0 spiro atoms. The van der Waals surface area contributed by atoms with E-state index in [4.69, 9.17) is 23.2 Å². The maximum Gasteiger partial charge on any atom is 0.150 e. The van der Waals surface area contributed by atoms with E-state index < -0.39 is 0 Å². The molecule has 0 unspecified atom stereocenters.